The third-order valence-corrected chi connectivity index (χ3v) is 4.92. The predicted molar refractivity (Wildman–Crippen MR) is 95.0 cm³/mol. The molecule has 1 aliphatic heterocycles. The highest BCUT2D eigenvalue weighted by Gasteiger charge is 2.30. The molecule has 0 radical (unpaired) electrons. The molecule has 0 bridgehead atoms. The maximum atomic E-state index is 12.6. The summed E-state index contributed by atoms with van der Waals surface area (Å²) in [4.78, 5) is 14.4. The number of benzene rings is 2. The fourth-order valence-corrected chi connectivity index (χ4v) is 3.32. The second-order valence-corrected chi connectivity index (χ2v) is 6.40. The summed E-state index contributed by atoms with van der Waals surface area (Å²) in [6.45, 7) is 3.39. The highest BCUT2D eigenvalue weighted by Crippen LogP contribution is 2.29. The maximum absolute atomic E-state index is 12.6. The van der Waals surface area contributed by atoms with Crippen LogP contribution in [0.2, 0.25) is 0 Å². The van der Waals surface area contributed by atoms with Gasteiger partial charge in [-0.15, -0.1) is 0 Å². The molecule has 1 unspecified atom stereocenters. The maximum Gasteiger partial charge on any atom is 0.314 e. The summed E-state index contributed by atoms with van der Waals surface area (Å²) in [7, 11) is 0. The zero-order valence-electron chi connectivity index (χ0n) is 13.9. The molecule has 3 N–H and O–H groups in total. The first-order valence-corrected chi connectivity index (χ1v) is 8.34. The Morgan fingerprint density at radius 2 is 1.88 bits per heavy atom. The normalized spacial score (nSPS) is 16.8. The summed E-state index contributed by atoms with van der Waals surface area (Å²) in [5, 5.41) is 9.50. The molecule has 0 spiro atoms. The lowest BCUT2D eigenvalue weighted by molar-refractivity contribution is -0.140. The number of carbonyl (C=O) groups is 1. The highest BCUT2D eigenvalue weighted by molar-refractivity contribution is 5.90. The Morgan fingerprint density at radius 3 is 2.58 bits per heavy atom. The minimum absolute atomic E-state index is 0.111. The van der Waals surface area contributed by atoms with Crippen molar-refractivity contribution in [2.75, 3.05) is 13.1 Å². The Kier molecular flexibility index (Phi) is 4.69. The van der Waals surface area contributed by atoms with Crippen LogP contribution in [0.1, 0.15) is 19.8 Å². The Morgan fingerprint density at radius 1 is 1.21 bits per heavy atom. The van der Waals surface area contributed by atoms with E-state index in [4.69, 9.17) is 15.9 Å². The number of nitrogens with two attached hydrogens (primary N) is 1. The Balaban J connectivity index is 1.67. The van der Waals surface area contributed by atoms with Gasteiger partial charge in [0.2, 0.25) is 0 Å². The molecular formula is C19H23N3O2. The van der Waals surface area contributed by atoms with E-state index in [9.17, 15) is 4.79 Å². The third kappa shape index (κ3) is 3.35. The van der Waals surface area contributed by atoms with E-state index in [0.29, 0.717) is 5.75 Å². The number of fused-ring (bicyclic) bond motifs is 1. The molecule has 2 aromatic rings. The number of esters is 1. The van der Waals surface area contributed by atoms with E-state index in [1.807, 2.05) is 54.3 Å². The second kappa shape index (κ2) is 6.91. The molecule has 0 aromatic heterocycles. The average Bonchev–Trinajstić information content (AvgIpc) is 2.61. The number of nitrogens with one attached hydrogen (secondary N) is 1. The number of hydrogen-bond acceptors (Lipinski definition) is 3. The average molecular weight is 325 g/mol. The number of likely N-dealkylation sites (tertiary alicyclic amines) is 1. The third-order valence-electron chi connectivity index (χ3n) is 4.92. The van der Waals surface area contributed by atoms with E-state index in [1.54, 1.807) is 0 Å². The smallest absolute Gasteiger partial charge is 0.314 e. The van der Waals surface area contributed by atoms with Crippen LogP contribution in [0.4, 0.5) is 0 Å². The molecule has 24 heavy (non-hydrogen) atoms. The van der Waals surface area contributed by atoms with Gasteiger partial charge < -0.3 is 15.4 Å². The summed E-state index contributed by atoms with van der Waals surface area (Å²) in [6, 6.07) is 13.6. The molecule has 126 valence electrons. The summed E-state index contributed by atoms with van der Waals surface area (Å²) in [5.41, 5.74) is 5.52. The lowest BCUT2D eigenvalue weighted by atomic mass is 9.85. The van der Waals surface area contributed by atoms with Crippen LogP contribution in [0.15, 0.2) is 42.5 Å². The number of carbonyl (C=O) groups excluding carboxylic acids is 1. The molecule has 3 rings (SSSR count). The van der Waals surface area contributed by atoms with Crippen molar-refractivity contribution in [2.24, 2.45) is 17.6 Å². The molecule has 0 aliphatic carbocycles. The molecule has 1 fully saturated rings. The van der Waals surface area contributed by atoms with Crippen LogP contribution in [-0.2, 0) is 4.79 Å². The molecular weight excluding hydrogens is 302 g/mol. The molecule has 0 amide bonds. The number of ether oxygens (including phenoxy) is 1. The van der Waals surface area contributed by atoms with Gasteiger partial charge in [-0.05, 0) is 30.2 Å². The van der Waals surface area contributed by atoms with Crippen molar-refractivity contribution in [3.8, 4) is 5.75 Å². The van der Waals surface area contributed by atoms with E-state index < -0.39 is 0 Å². The van der Waals surface area contributed by atoms with Crippen molar-refractivity contribution in [1.82, 2.24) is 4.90 Å². The van der Waals surface area contributed by atoms with Crippen molar-refractivity contribution < 1.29 is 9.53 Å². The molecule has 5 nitrogen and oxygen atoms in total. The first kappa shape index (κ1) is 16.3. The topological polar surface area (TPSA) is 79.4 Å². The molecule has 5 heteroatoms. The molecule has 1 heterocycles. The van der Waals surface area contributed by atoms with Crippen LogP contribution in [0.5, 0.6) is 5.75 Å². The number of piperidine rings is 1. The number of nitrogens with zero attached hydrogens (tertiary/aromatic N) is 1. The van der Waals surface area contributed by atoms with Gasteiger partial charge in [-0.25, -0.2) is 0 Å². The van der Waals surface area contributed by atoms with Gasteiger partial charge in [0.05, 0.1) is 5.92 Å². The number of rotatable bonds is 3. The quantitative estimate of drug-likeness (QED) is 0.393. The lowest BCUT2D eigenvalue weighted by Gasteiger charge is -2.34. The molecule has 2 aromatic carbocycles. The summed E-state index contributed by atoms with van der Waals surface area (Å²) < 4.78 is 5.70. The largest absolute Gasteiger partial charge is 0.426 e. The summed E-state index contributed by atoms with van der Waals surface area (Å²) >= 11 is 0. The van der Waals surface area contributed by atoms with Gasteiger partial charge in [0.1, 0.15) is 5.75 Å². The fourth-order valence-electron chi connectivity index (χ4n) is 3.32. The van der Waals surface area contributed by atoms with Gasteiger partial charge in [-0.3, -0.25) is 10.2 Å². The van der Waals surface area contributed by atoms with Crippen molar-refractivity contribution >= 4 is 22.7 Å². The second-order valence-electron chi connectivity index (χ2n) is 6.40. The van der Waals surface area contributed by atoms with Crippen LogP contribution in [0.3, 0.4) is 0 Å². The monoisotopic (exact) mass is 325 g/mol. The zero-order chi connectivity index (χ0) is 17.1. The van der Waals surface area contributed by atoms with Crippen LogP contribution < -0.4 is 10.5 Å². The summed E-state index contributed by atoms with van der Waals surface area (Å²) in [5.74, 6) is 0.638. The fraction of sp³-hybridized carbons (Fsp3) is 0.368. The van der Waals surface area contributed by atoms with Gasteiger partial charge >= 0.3 is 5.97 Å². The first-order valence-electron chi connectivity index (χ1n) is 8.34. The Bertz CT molecular complexity index is 746. The van der Waals surface area contributed by atoms with E-state index in [2.05, 4.69) is 0 Å². The Hall–Kier alpha value is -2.56. The van der Waals surface area contributed by atoms with E-state index in [1.165, 1.54) is 0 Å². The van der Waals surface area contributed by atoms with Gasteiger partial charge in [0.15, 0.2) is 5.96 Å². The van der Waals surface area contributed by atoms with Gasteiger partial charge in [-0.1, -0.05) is 43.3 Å². The van der Waals surface area contributed by atoms with Gasteiger partial charge in [0.25, 0.3) is 0 Å². The number of hydrogen-bond donors (Lipinski definition) is 2. The first-order chi connectivity index (χ1) is 11.6. The van der Waals surface area contributed by atoms with Crippen molar-refractivity contribution in [2.45, 2.75) is 19.8 Å². The van der Waals surface area contributed by atoms with E-state index >= 15 is 0 Å². The van der Waals surface area contributed by atoms with E-state index in [0.717, 1.165) is 36.7 Å². The van der Waals surface area contributed by atoms with Crippen molar-refractivity contribution in [3.63, 3.8) is 0 Å². The number of guanidine groups is 1. The molecule has 1 aliphatic rings. The predicted octanol–water partition coefficient (Wildman–Crippen LogP) is 2.99. The SMILES string of the molecule is CC(C(=O)Oc1cccc2ccccc12)C1CCN(C(=N)N)CC1. The molecule has 1 saturated heterocycles. The van der Waals surface area contributed by atoms with Gasteiger partial charge in [0, 0.05) is 18.5 Å². The molecule has 0 saturated carbocycles. The van der Waals surface area contributed by atoms with Crippen molar-refractivity contribution in [1.29, 1.82) is 5.41 Å². The van der Waals surface area contributed by atoms with Crippen molar-refractivity contribution in [3.05, 3.63) is 42.5 Å². The highest BCUT2D eigenvalue weighted by atomic mass is 16.5. The minimum atomic E-state index is -0.187. The van der Waals surface area contributed by atoms with Crippen LogP contribution in [0.25, 0.3) is 10.8 Å². The van der Waals surface area contributed by atoms with Crippen LogP contribution >= 0.6 is 0 Å². The Labute approximate surface area is 141 Å². The minimum Gasteiger partial charge on any atom is -0.426 e. The standard InChI is InChI=1S/C19H23N3O2/c1-13(14-9-11-22(12-10-14)19(20)21)18(23)24-17-8-4-6-15-5-2-3-7-16(15)17/h2-8,13-14H,9-12H2,1H3,(H3,20,21). The zero-order valence-corrected chi connectivity index (χ0v) is 13.9. The van der Waals surface area contributed by atoms with Crippen LogP contribution in [-0.4, -0.2) is 29.9 Å². The lowest BCUT2D eigenvalue weighted by Crippen LogP contribution is -2.44. The van der Waals surface area contributed by atoms with Crippen LogP contribution in [0, 0.1) is 17.2 Å². The summed E-state index contributed by atoms with van der Waals surface area (Å²) in [6.07, 6.45) is 1.71. The van der Waals surface area contributed by atoms with E-state index in [-0.39, 0.29) is 23.8 Å². The van der Waals surface area contributed by atoms with Gasteiger partial charge in [-0.2, -0.15) is 0 Å². The molecule has 1 atom stereocenters.